The van der Waals surface area contributed by atoms with E-state index in [9.17, 15) is 27.5 Å². The first-order chi connectivity index (χ1) is 11.7. The zero-order valence-electron chi connectivity index (χ0n) is 13.6. The molecule has 8 heteroatoms. The highest BCUT2D eigenvalue weighted by atomic mass is 19.4. The van der Waals surface area contributed by atoms with Gasteiger partial charge in [-0.05, 0) is 31.4 Å². The van der Waals surface area contributed by atoms with Crippen molar-refractivity contribution in [2.75, 3.05) is 11.9 Å². The predicted octanol–water partition coefficient (Wildman–Crippen LogP) is 4.20. The number of halogens is 4. The van der Waals surface area contributed by atoms with Crippen molar-refractivity contribution in [2.24, 2.45) is 0 Å². The third-order valence-electron chi connectivity index (χ3n) is 3.59. The summed E-state index contributed by atoms with van der Waals surface area (Å²) >= 11 is 0. The molecule has 1 aromatic carbocycles. The van der Waals surface area contributed by atoms with Gasteiger partial charge in [0.2, 0.25) is 0 Å². The standard InChI is InChI=1S/C17H21F4NO3/c1-2-3-4-5-6-9-16(11-23,12-24)22-13-7-8-14(18)15(10-13)25-17(19,20)21/h2,7-8,10-11,22,24H,1,3-6,9,12H2/t16-/m0/s1. The average molecular weight is 363 g/mol. The van der Waals surface area contributed by atoms with Gasteiger partial charge in [0.25, 0.3) is 0 Å². The van der Waals surface area contributed by atoms with Crippen LogP contribution in [0.3, 0.4) is 0 Å². The molecule has 1 atom stereocenters. The molecule has 0 amide bonds. The fourth-order valence-electron chi connectivity index (χ4n) is 2.28. The average Bonchev–Trinajstić information content (AvgIpc) is 2.55. The highest BCUT2D eigenvalue weighted by Crippen LogP contribution is 2.30. The lowest BCUT2D eigenvalue weighted by atomic mass is 9.93. The summed E-state index contributed by atoms with van der Waals surface area (Å²) in [6.07, 6.45) is 0.648. The summed E-state index contributed by atoms with van der Waals surface area (Å²) in [5, 5.41) is 12.2. The number of alkyl halides is 3. The molecule has 1 rings (SSSR count). The zero-order valence-corrected chi connectivity index (χ0v) is 13.6. The van der Waals surface area contributed by atoms with Crippen molar-refractivity contribution >= 4 is 12.0 Å². The summed E-state index contributed by atoms with van der Waals surface area (Å²) in [4.78, 5) is 11.4. The van der Waals surface area contributed by atoms with E-state index >= 15 is 0 Å². The Morgan fingerprint density at radius 3 is 2.52 bits per heavy atom. The van der Waals surface area contributed by atoms with Gasteiger partial charge in [-0.25, -0.2) is 4.39 Å². The van der Waals surface area contributed by atoms with Crippen LogP contribution in [0.1, 0.15) is 32.1 Å². The maximum atomic E-state index is 13.4. The number of benzene rings is 1. The fourth-order valence-corrected chi connectivity index (χ4v) is 2.28. The number of aldehydes is 1. The van der Waals surface area contributed by atoms with Gasteiger partial charge in [0.05, 0.1) is 6.61 Å². The van der Waals surface area contributed by atoms with Crippen molar-refractivity contribution < 1.29 is 32.2 Å². The van der Waals surface area contributed by atoms with Crippen LogP contribution >= 0.6 is 0 Å². The first-order valence-electron chi connectivity index (χ1n) is 7.77. The molecular formula is C17H21F4NO3. The Balaban J connectivity index is 2.85. The SMILES string of the molecule is C=CCCCCC[C@](C=O)(CO)Nc1ccc(F)c(OC(F)(F)F)c1. The molecular weight excluding hydrogens is 342 g/mol. The van der Waals surface area contributed by atoms with E-state index in [0.29, 0.717) is 12.7 Å². The predicted molar refractivity (Wildman–Crippen MR) is 85.9 cm³/mol. The highest BCUT2D eigenvalue weighted by molar-refractivity contribution is 5.71. The lowest BCUT2D eigenvalue weighted by molar-refractivity contribution is -0.275. The van der Waals surface area contributed by atoms with Gasteiger partial charge in [-0.3, -0.25) is 0 Å². The first kappa shape index (κ1) is 21.0. The monoisotopic (exact) mass is 363 g/mol. The molecule has 4 nitrogen and oxygen atoms in total. The second-order valence-corrected chi connectivity index (χ2v) is 5.64. The third kappa shape index (κ3) is 7.13. The molecule has 25 heavy (non-hydrogen) atoms. The molecule has 0 aliphatic carbocycles. The van der Waals surface area contributed by atoms with E-state index in [1.54, 1.807) is 6.08 Å². The number of ether oxygens (including phenoxy) is 1. The second-order valence-electron chi connectivity index (χ2n) is 5.64. The number of rotatable bonds is 11. The highest BCUT2D eigenvalue weighted by Gasteiger charge is 2.33. The van der Waals surface area contributed by atoms with Crippen LogP contribution in [0.2, 0.25) is 0 Å². The van der Waals surface area contributed by atoms with Crippen molar-refractivity contribution in [3.63, 3.8) is 0 Å². The smallest absolute Gasteiger partial charge is 0.403 e. The van der Waals surface area contributed by atoms with Crippen LogP contribution < -0.4 is 10.1 Å². The van der Waals surface area contributed by atoms with Crippen molar-refractivity contribution in [2.45, 2.75) is 44.0 Å². The van der Waals surface area contributed by atoms with E-state index in [2.05, 4.69) is 16.6 Å². The van der Waals surface area contributed by atoms with Gasteiger partial charge in [0.15, 0.2) is 11.6 Å². The Hall–Kier alpha value is -2.09. The summed E-state index contributed by atoms with van der Waals surface area (Å²) in [6.45, 7) is 3.05. The molecule has 0 saturated heterocycles. The largest absolute Gasteiger partial charge is 0.573 e. The molecule has 140 valence electrons. The van der Waals surface area contributed by atoms with Crippen LogP contribution in [-0.2, 0) is 4.79 Å². The van der Waals surface area contributed by atoms with Gasteiger partial charge in [-0.2, -0.15) is 0 Å². The molecule has 0 aliphatic heterocycles. The zero-order chi connectivity index (χ0) is 18.9. The molecule has 1 aromatic rings. The Kier molecular flexibility index (Phi) is 7.89. The summed E-state index contributed by atoms with van der Waals surface area (Å²) in [7, 11) is 0. The molecule has 0 fully saturated rings. The number of nitrogens with one attached hydrogen (secondary N) is 1. The van der Waals surface area contributed by atoms with E-state index in [4.69, 9.17) is 0 Å². The van der Waals surface area contributed by atoms with Crippen LogP contribution in [0, 0.1) is 5.82 Å². The molecule has 0 bridgehead atoms. The lowest BCUT2D eigenvalue weighted by Crippen LogP contribution is -2.44. The normalized spacial score (nSPS) is 13.8. The summed E-state index contributed by atoms with van der Waals surface area (Å²) in [6, 6.07) is 2.76. The Morgan fingerprint density at radius 2 is 1.96 bits per heavy atom. The molecule has 0 heterocycles. The van der Waals surface area contributed by atoms with Gasteiger partial charge >= 0.3 is 6.36 Å². The summed E-state index contributed by atoms with van der Waals surface area (Å²) < 4.78 is 53.9. The molecule has 0 spiro atoms. The van der Waals surface area contributed by atoms with Crippen LogP contribution in [0.15, 0.2) is 30.9 Å². The lowest BCUT2D eigenvalue weighted by Gasteiger charge is -2.28. The van der Waals surface area contributed by atoms with Crippen LogP contribution in [-0.4, -0.2) is 29.9 Å². The number of carbonyl (C=O) groups is 1. The van der Waals surface area contributed by atoms with Gasteiger partial charge in [-0.15, -0.1) is 19.8 Å². The van der Waals surface area contributed by atoms with Gasteiger partial charge < -0.3 is 20.0 Å². The van der Waals surface area contributed by atoms with E-state index in [0.717, 1.165) is 31.4 Å². The topological polar surface area (TPSA) is 58.6 Å². The van der Waals surface area contributed by atoms with Crippen molar-refractivity contribution in [1.82, 2.24) is 0 Å². The number of aliphatic hydroxyl groups excluding tert-OH is 1. The van der Waals surface area contributed by atoms with E-state index in [-0.39, 0.29) is 12.1 Å². The number of carbonyl (C=O) groups excluding carboxylic acids is 1. The number of unbranched alkanes of at least 4 members (excludes halogenated alkanes) is 3. The minimum atomic E-state index is -5.04. The van der Waals surface area contributed by atoms with Crippen molar-refractivity contribution in [1.29, 1.82) is 0 Å². The van der Waals surface area contributed by atoms with Gasteiger partial charge in [-0.1, -0.05) is 18.9 Å². The van der Waals surface area contributed by atoms with E-state index in [1.807, 2.05) is 0 Å². The Bertz CT molecular complexity index is 578. The van der Waals surface area contributed by atoms with Gasteiger partial charge in [0.1, 0.15) is 11.8 Å². The maximum Gasteiger partial charge on any atom is 0.573 e. The van der Waals surface area contributed by atoms with Crippen LogP contribution in [0.25, 0.3) is 0 Å². The van der Waals surface area contributed by atoms with Crippen LogP contribution in [0.4, 0.5) is 23.2 Å². The number of allylic oxidation sites excluding steroid dienone is 1. The second kappa shape index (κ2) is 9.41. The van der Waals surface area contributed by atoms with Crippen molar-refractivity contribution in [3.05, 3.63) is 36.7 Å². The molecule has 0 aliphatic rings. The fraction of sp³-hybridized carbons (Fsp3) is 0.471. The van der Waals surface area contributed by atoms with E-state index in [1.165, 1.54) is 6.07 Å². The maximum absolute atomic E-state index is 13.4. The van der Waals surface area contributed by atoms with Crippen LogP contribution in [0.5, 0.6) is 5.75 Å². The molecule has 2 N–H and O–H groups in total. The Labute approximate surface area is 143 Å². The molecule has 0 saturated carbocycles. The minimum Gasteiger partial charge on any atom is -0.403 e. The number of aliphatic hydroxyl groups is 1. The van der Waals surface area contributed by atoms with E-state index < -0.39 is 30.1 Å². The van der Waals surface area contributed by atoms with Gasteiger partial charge in [0, 0.05) is 11.8 Å². The number of hydrogen-bond acceptors (Lipinski definition) is 4. The van der Waals surface area contributed by atoms with Crippen molar-refractivity contribution in [3.8, 4) is 5.75 Å². The summed E-state index contributed by atoms with van der Waals surface area (Å²) in [5.41, 5.74) is -1.32. The minimum absolute atomic E-state index is 0.0351. The molecule has 0 radical (unpaired) electrons. The first-order valence-corrected chi connectivity index (χ1v) is 7.77. The third-order valence-corrected chi connectivity index (χ3v) is 3.59. The number of anilines is 1. The quantitative estimate of drug-likeness (QED) is 0.268. The Morgan fingerprint density at radius 1 is 1.24 bits per heavy atom. The molecule has 0 unspecified atom stereocenters. The molecule has 0 aromatic heterocycles. The number of hydrogen-bond donors (Lipinski definition) is 2. The summed E-state index contributed by atoms with van der Waals surface area (Å²) in [5.74, 6) is -2.20.